The summed E-state index contributed by atoms with van der Waals surface area (Å²) in [6, 6.07) is 10.2. The van der Waals surface area contributed by atoms with E-state index in [1.807, 2.05) is 30.3 Å². The fraction of sp³-hybridized carbons (Fsp3) is 0.455. The van der Waals surface area contributed by atoms with Crippen molar-refractivity contribution in [3.63, 3.8) is 0 Å². The molecule has 1 aromatic rings. The molecule has 0 bridgehead atoms. The zero-order valence-electron chi connectivity index (χ0n) is 7.65. The minimum Gasteiger partial charge on any atom is -0.148 e. The number of hydrogen-bond donors (Lipinski definition) is 0. The fourth-order valence-electron chi connectivity index (χ4n) is 1.91. The quantitative estimate of drug-likeness (QED) is 0.645. The predicted molar refractivity (Wildman–Crippen MR) is 50.4 cm³/mol. The first-order chi connectivity index (χ1) is 6.38. The van der Waals surface area contributed by atoms with Gasteiger partial charge in [-0.25, -0.2) is 0 Å². The standard InChI is InChI=1S/C11H14NO/c13-12-9-5-4-8-11(12)10-6-2-1-3-7-10/h1-3,6-7,11H,4-5,8-9H2. The molecular formula is C11H14NO. The Bertz CT molecular complexity index is 260. The van der Waals surface area contributed by atoms with Crippen LogP contribution in [0.5, 0.6) is 0 Å². The molecule has 69 valence electrons. The van der Waals surface area contributed by atoms with E-state index in [0.29, 0.717) is 6.54 Å². The van der Waals surface area contributed by atoms with Gasteiger partial charge in [0, 0.05) is 6.54 Å². The van der Waals surface area contributed by atoms with Crippen LogP contribution in [-0.4, -0.2) is 11.6 Å². The lowest BCUT2D eigenvalue weighted by Crippen LogP contribution is -2.28. The molecule has 1 aromatic carbocycles. The van der Waals surface area contributed by atoms with Gasteiger partial charge in [-0.1, -0.05) is 36.8 Å². The number of piperidine rings is 1. The molecule has 0 amide bonds. The van der Waals surface area contributed by atoms with Gasteiger partial charge in [-0.2, -0.15) is 0 Å². The third kappa shape index (κ3) is 1.90. The van der Waals surface area contributed by atoms with Gasteiger partial charge in [-0.15, -0.1) is 10.3 Å². The second kappa shape index (κ2) is 3.90. The third-order valence-electron chi connectivity index (χ3n) is 2.64. The van der Waals surface area contributed by atoms with E-state index in [1.165, 1.54) is 11.5 Å². The number of hydrogen-bond acceptors (Lipinski definition) is 1. The summed E-state index contributed by atoms with van der Waals surface area (Å²) in [7, 11) is 0. The molecule has 0 aliphatic carbocycles. The van der Waals surface area contributed by atoms with E-state index in [9.17, 15) is 5.21 Å². The third-order valence-corrected chi connectivity index (χ3v) is 2.64. The zero-order valence-corrected chi connectivity index (χ0v) is 7.65. The van der Waals surface area contributed by atoms with E-state index < -0.39 is 0 Å². The van der Waals surface area contributed by atoms with E-state index in [2.05, 4.69) is 0 Å². The van der Waals surface area contributed by atoms with Gasteiger partial charge in [-0.05, 0) is 18.4 Å². The number of rotatable bonds is 1. The molecule has 1 unspecified atom stereocenters. The average Bonchev–Trinajstić information content (AvgIpc) is 2.20. The van der Waals surface area contributed by atoms with Crippen molar-refractivity contribution in [2.45, 2.75) is 25.3 Å². The van der Waals surface area contributed by atoms with Gasteiger partial charge in [0.05, 0.1) is 6.04 Å². The summed E-state index contributed by atoms with van der Waals surface area (Å²) in [5.41, 5.74) is 1.16. The van der Waals surface area contributed by atoms with E-state index >= 15 is 0 Å². The Morgan fingerprint density at radius 2 is 1.92 bits per heavy atom. The van der Waals surface area contributed by atoms with Gasteiger partial charge in [0.2, 0.25) is 0 Å². The van der Waals surface area contributed by atoms with Crippen molar-refractivity contribution < 1.29 is 5.21 Å². The molecule has 1 aliphatic rings. The van der Waals surface area contributed by atoms with Crippen LogP contribution in [0.15, 0.2) is 30.3 Å². The number of hydroxylamine groups is 2. The van der Waals surface area contributed by atoms with Crippen molar-refractivity contribution in [3.05, 3.63) is 35.9 Å². The van der Waals surface area contributed by atoms with Gasteiger partial charge in [0.25, 0.3) is 0 Å². The largest absolute Gasteiger partial charge is 0.148 e. The summed E-state index contributed by atoms with van der Waals surface area (Å²) < 4.78 is 0. The maximum absolute atomic E-state index is 11.5. The SMILES string of the molecule is [O]N1CCCCC1c1ccccc1. The molecule has 1 fully saturated rings. The lowest BCUT2D eigenvalue weighted by Gasteiger charge is -2.28. The van der Waals surface area contributed by atoms with Gasteiger partial charge < -0.3 is 0 Å². The van der Waals surface area contributed by atoms with Crippen molar-refractivity contribution in [2.75, 3.05) is 6.54 Å². The average molecular weight is 176 g/mol. The highest BCUT2D eigenvalue weighted by atomic mass is 16.5. The topological polar surface area (TPSA) is 23.1 Å². The van der Waals surface area contributed by atoms with Crippen LogP contribution in [-0.2, 0) is 5.21 Å². The Labute approximate surface area is 78.8 Å². The van der Waals surface area contributed by atoms with Gasteiger partial charge in [-0.3, -0.25) is 0 Å². The first kappa shape index (κ1) is 8.73. The van der Waals surface area contributed by atoms with Crippen molar-refractivity contribution in [3.8, 4) is 0 Å². The smallest absolute Gasteiger partial charge is 0.0632 e. The monoisotopic (exact) mass is 176 g/mol. The molecule has 0 spiro atoms. The maximum atomic E-state index is 11.5. The van der Waals surface area contributed by atoms with Crippen LogP contribution in [0.2, 0.25) is 0 Å². The summed E-state index contributed by atoms with van der Waals surface area (Å²) in [5, 5.41) is 12.7. The normalized spacial score (nSPS) is 24.5. The summed E-state index contributed by atoms with van der Waals surface area (Å²) >= 11 is 0. The highest BCUT2D eigenvalue weighted by molar-refractivity contribution is 5.18. The van der Waals surface area contributed by atoms with Crippen molar-refractivity contribution >= 4 is 0 Å². The Hall–Kier alpha value is -0.860. The Kier molecular flexibility index (Phi) is 2.62. The highest BCUT2D eigenvalue weighted by Gasteiger charge is 2.22. The summed E-state index contributed by atoms with van der Waals surface area (Å²) in [4.78, 5) is 0. The molecule has 0 aromatic heterocycles. The molecule has 1 heterocycles. The van der Waals surface area contributed by atoms with Crippen LogP contribution in [0, 0.1) is 0 Å². The summed E-state index contributed by atoms with van der Waals surface area (Å²) in [5.74, 6) is 0. The Balaban J connectivity index is 2.15. The molecule has 0 saturated carbocycles. The predicted octanol–water partition coefficient (Wildman–Crippen LogP) is 2.56. The molecular weight excluding hydrogens is 162 g/mol. The molecule has 1 aliphatic heterocycles. The molecule has 2 rings (SSSR count). The van der Waals surface area contributed by atoms with Crippen LogP contribution < -0.4 is 0 Å². The van der Waals surface area contributed by atoms with E-state index in [-0.39, 0.29) is 6.04 Å². The van der Waals surface area contributed by atoms with Crippen LogP contribution in [0.4, 0.5) is 0 Å². The van der Waals surface area contributed by atoms with Crippen LogP contribution in [0.3, 0.4) is 0 Å². The second-order valence-electron chi connectivity index (χ2n) is 3.56. The Morgan fingerprint density at radius 3 is 2.62 bits per heavy atom. The maximum Gasteiger partial charge on any atom is 0.0632 e. The van der Waals surface area contributed by atoms with E-state index in [1.54, 1.807) is 0 Å². The van der Waals surface area contributed by atoms with E-state index in [0.717, 1.165) is 18.4 Å². The van der Waals surface area contributed by atoms with Gasteiger partial charge >= 0.3 is 0 Å². The van der Waals surface area contributed by atoms with E-state index in [4.69, 9.17) is 0 Å². The molecule has 2 heteroatoms. The van der Waals surface area contributed by atoms with Crippen molar-refractivity contribution in [2.24, 2.45) is 0 Å². The number of benzene rings is 1. The second-order valence-corrected chi connectivity index (χ2v) is 3.56. The molecule has 1 saturated heterocycles. The van der Waals surface area contributed by atoms with Crippen LogP contribution in [0.1, 0.15) is 30.9 Å². The fourth-order valence-corrected chi connectivity index (χ4v) is 1.91. The Morgan fingerprint density at radius 1 is 1.15 bits per heavy atom. The molecule has 13 heavy (non-hydrogen) atoms. The first-order valence-electron chi connectivity index (χ1n) is 4.86. The zero-order chi connectivity index (χ0) is 9.10. The van der Waals surface area contributed by atoms with Crippen LogP contribution in [0.25, 0.3) is 0 Å². The molecule has 2 nitrogen and oxygen atoms in total. The number of nitrogens with zero attached hydrogens (tertiary/aromatic N) is 1. The lowest BCUT2D eigenvalue weighted by atomic mass is 9.97. The summed E-state index contributed by atoms with van der Waals surface area (Å²) in [6.07, 6.45) is 3.23. The van der Waals surface area contributed by atoms with Gasteiger partial charge in [0.15, 0.2) is 0 Å². The molecule has 0 N–H and O–H groups in total. The van der Waals surface area contributed by atoms with Crippen molar-refractivity contribution in [1.82, 2.24) is 5.06 Å². The van der Waals surface area contributed by atoms with Gasteiger partial charge in [0.1, 0.15) is 0 Å². The first-order valence-corrected chi connectivity index (χ1v) is 4.86. The highest BCUT2D eigenvalue weighted by Crippen LogP contribution is 2.28. The summed E-state index contributed by atoms with van der Waals surface area (Å²) in [6.45, 7) is 0.694. The minimum absolute atomic E-state index is 0.106. The molecule has 1 atom stereocenters. The molecule has 1 radical (unpaired) electrons. The van der Waals surface area contributed by atoms with Crippen LogP contribution >= 0.6 is 0 Å². The minimum atomic E-state index is 0.106. The van der Waals surface area contributed by atoms with Crippen molar-refractivity contribution in [1.29, 1.82) is 0 Å². The lowest BCUT2D eigenvalue weighted by molar-refractivity contribution is -0.201.